The van der Waals surface area contributed by atoms with E-state index < -0.39 is 11.7 Å². The first-order chi connectivity index (χ1) is 12.8. The van der Waals surface area contributed by atoms with Gasteiger partial charge in [-0.25, -0.2) is 4.98 Å². The summed E-state index contributed by atoms with van der Waals surface area (Å²) in [6.45, 7) is 1.85. The van der Waals surface area contributed by atoms with Crippen molar-refractivity contribution in [1.82, 2.24) is 4.98 Å². The molecule has 2 aromatic carbocycles. The minimum Gasteiger partial charge on any atom is -0.508 e. The van der Waals surface area contributed by atoms with Gasteiger partial charge in [0, 0.05) is 6.08 Å². The molecule has 0 bridgehead atoms. The van der Waals surface area contributed by atoms with Gasteiger partial charge in [-0.1, -0.05) is 24.3 Å². The third-order valence-electron chi connectivity index (χ3n) is 4.16. The van der Waals surface area contributed by atoms with Gasteiger partial charge in [0.05, 0.1) is 11.3 Å². The van der Waals surface area contributed by atoms with E-state index in [4.69, 9.17) is 4.42 Å². The molecule has 3 aromatic rings. The van der Waals surface area contributed by atoms with Crippen molar-refractivity contribution in [1.29, 1.82) is 0 Å². The first-order valence-electron chi connectivity index (χ1n) is 8.39. The van der Waals surface area contributed by atoms with Crippen molar-refractivity contribution < 1.29 is 22.7 Å². The number of benzene rings is 2. The average molecular weight is 373 g/mol. The molecule has 3 nitrogen and oxygen atoms in total. The van der Waals surface area contributed by atoms with Crippen molar-refractivity contribution in [3.8, 4) is 5.75 Å². The van der Waals surface area contributed by atoms with Crippen LogP contribution in [0.4, 0.5) is 13.2 Å². The maximum absolute atomic E-state index is 12.6. The lowest BCUT2D eigenvalue weighted by atomic mass is 10.1. The van der Waals surface area contributed by atoms with Crippen LogP contribution in [-0.4, -0.2) is 10.1 Å². The Bertz CT molecular complexity index is 941. The summed E-state index contributed by atoms with van der Waals surface area (Å²) in [6.07, 6.45) is 1.95. The van der Waals surface area contributed by atoms with Crippen LogP contribution in [0, 0.1) is 6.92 Å². The standard InChI is InChI=1S/C21H18F3NO2/c1-14-12-16(5-10-19(14)26)4-9-18-13-27-20(25-18)11-6-15-2-7-17(8-3-15)21(22,23)24/h2-3,5-8,10-13,26H,4,9H2,1H3/b11-6+. The fourth-order valence-electron chi connectivity index (χ4n) is 2.61. The van der Waals surface area contributed by atoms with Crippen LogP contribution in [0.5, 0.6) is 5.75 Å². The lowest BCUT2D eigenvalue weighted by Gasteiger charge is -2.05. The van der Waals surface area contributed by atoms with Gasteiger partial charge in [-0.3, -0.25) is 0 Å². The van der Waals surface area contributed by atoms with Crippen LogP contribution in [0.2, 0.25) is 0 Å². The van der Waals surface area contributed by atoms with E-state index in [2.05, 4.69) is 4.98 Å². The van der Waals surface area contributed by atoms with Crippen molar-refractivity contribution in [2.24, 2.45) is 0 Å². The Labute approximate surface area is 154 Å². The zero-order valence-electron chi connectivity index (χ0n) is 14.6. The predicted octanol–water partition coefficient (Wildman–Crippen LogP) is 5.66. The maximum Gasteiger partial charge on any atom is 0.416 e. The van der Waals surface area contributed by atoms with E-state index in [0.29, 0.717) is 17.9 Å². The Morgan fingerprint density at radius 1 is 1.04 bits per heavy atom. The number of aromatic hydroxyl groups is 1. The van der Waals surface area contributed by atoms with Gasteiger partial charge in [0.2, 0.25) is 5.89 Å². The summed E-state index contributed by atoms with van der Waals surface area (Å²) >= 11 is 0. The molecule has 0 amide bonds. The molecule has 3 rings (SSSR count). The zero-order chi connectivity index (χ0) is 19.4. The first kappa shape index (κ1) is 18.8. The van der Waals surface area contributed by atoms with Gasteiger partial charge in [0.25, 0.3) is 0 Å². The number of oxazole rings is 1. The Hall–Kier alpha value is -3.02. The highest BCUT2D eigenvalue weighted by atomic mass is 19.4. The Balaban J connectivity index is 1.60. The Morgan fingerprint density at radius 3 is 2.44 bits per heavy atom. The van der Waals surface area contributed by atoms with Gasteiger partial charge < -0.3 is 9.52 Å². The second kappa shape index (κ2) is 7.70. The molecule has 0 radical (unpaired) electrons. The number of aromatic nitrogens is 1. The third-order valence-corrected chi connectivity index (χ3v) is 4.16. The molecule has 1 N–H and O–H groups in total. The van der Waals surface area contributed by atoms with Crippen LogP contribution in [0.15, 0.2) is 53.1 Å². The van der Waals surface area contributed by atoms with E-state index >= 15 is 0 Å². The summed E-state index contributed by atoms with van der Waals surface area (Å²) in [4.78, 5) is 4.35. The van der Waals surface area contributed by atoms with Gasteiger partial charge in [0.1, 0.15) is 12.0 Å². The van der Waals surface area contributed by atoms with E-state index in [9.17, 15) is 18.3 Å². The molecule has 0 saturated carbocycles. The molecular weight excluding hydrogens is 355 g/mol. The first-order valence-corrected chi connectivity index (χ1v) is 8.39. The zero-order valence-corrected chi connectivity index (χ0v) is 14.6. The number of rotatable bonds is 5. The summed E-state index contributed by atoms with van der Waals surface area (Å²) in [5.74, 6) is 0.669. The molecule has 0 fully saturated rings. The van der Waals surface area contributed by atoms with Gasteiger partial charge in [-0.2, -0.15) is 13.2 Å². The number of hydrogen-bond donors (Lipinski definition) is 1. The van der Waals surface area contributed by atoms with E-state index in [1.165, 1.54) is 12.1 Å². The third kappa shape index (κ3) is 5.00. The van der Waals surface area contributed by atoms with Crippen molar-refractivity contribution in [2.45, 2.75) is 25.9 Å². The van der Waals surface area contributed by atoms with Crippen molar-refractivity contribution in [3.63, 3.8) is 0 Å². The van der Waals surface area contributed by atoms with Gasteiger partial charge in [-0.05, 0) is 60.7 Å². The molecule has 0 aliphatic rings. The highest BCUT2D eigenvalue weighted by molar-refractivity contribution is 5.66. The summed E-state index contributed by atoms with van der Waals surface area (Å²) in [5, 5.41) is 9.55. The molecular formula is C21H18F3NO2. The number of aryl methyl sites for hydroxylation is 3. The molecule has 1 heterocycles. The molecule has 0 spiro atoms. The molecule has 0 aliphatic carbocycles. The van der Waals surface area contributed by atoms with Gasteiger partial charge in [-0.15, -0.1) is 0 Å². The molecule has 0 saturated heterocycles. The second-order valence-corrected chi connectivity index (χ2v) is 6.25. The monoisotopic (exact) mass is 373 g/mol. The van der Waals surface area contributed by atoms with Crippen LogP contribution >= 0.6 is 0 Å². The van der Waals surface area contributed by atoms with Crippen molar-refractivity contribution >= 4 is 12.2 Å². The molecule has 0 aliphatic heterocycles. The summed E-state index contributed by atoms with van der Waals surface area (Å²) in [6, 6.07) is 10.4. The number of alkyl halides is 3. The van der Waals surface area contributed by atoms with E-state index in [1.807, 2.05) is 19.1 Å². The SMILES string of the molecule is Cc1cc(CCc2coc(/C=C/c3ccc(C(F)(F)F)cc3)n2)ccc1O. The Morgan fingerprint density at radius 2 is 1.78 bits per heavy atom. The van der Waals surface area contributed by atoms with Crippen LogP contribution in [0.25, 0.3) is 12.2 Å². The Kier molecular flexibility index (Phi) is 5.35. The summed E-state index contributed by atoms with van der Waals surface area (Å²) in [5.41, 5.74) is 2.65. The van der Waals surface area contributed by atoms with E-state index in [0.717, 1.165) is 35.4 Å². The van der Waals surface area contributed by atoms with Crippen LogP contribution < -0.4 is 0 Å². The van der Waals surface area contributed by atoms with Crippen LogP contribution in [-0.2, 0) is 19.0 Å². The van der Waals surface area contributed by atoms with E-state index in [-0.39, 0.29) is 5.75 Å². The highest BCUT2D eigenvalue weighted by Gasteiger charge is 2.29. The lowest BCUT2D eigenvalue weighted by Crippen LogP contribution is -2.03. The molecule has 0 atom stereocenters. The maximum atomic E-state index is 12.6. The quantitative estimate of drug-likeness (QED) is 0.627. The summed E-state index contributed by atoms with van der Waals surface area (Å²) < 4.78 is 43.0. The van der Waals surface area contributed by atoms with Crippen LogP contribution in [0.1, 0.15) is 33.8 Å². The number of halogens is 3. The van der Waals surface area contributed by atoms with Gasteiger partial charge in [0.15, 0.2) is 0 Å². The molecule has 6 heteroatoms. The normalized spacial score (nSPS) is 12.0. The van der Waals surface area contributed by atoms with Crippen LogP contribution in [0.3, 0.4) is 0 Å². The fourth-order valence-corrected chi connectivity index (χ4v) is 2.61. The number of nitrogens with zero attached hydrogens (tertiary/aromatic N) is 1. The number of phenolic OH excluding ortho intramolecular Hbond substituents is 1. The van der Waals surface area contributed by atoms with Gasteiger partial charge >= 0.3 is 6.18 Å². The minimum atomic E-state index is -4.34. The second-order valence-electron chi connectivity index (χ2n) is 6.25. The minimum absolute atomic E-state index is 0.274. The fraction of sp³-hybridized carbons (Fsp3) is 0.190. The predicted molar refractivity (Wildman–Crippen MR) is 97.1 cm³/mol. The summed E-state index contributed by atoms with van der Waals surface area (Å²) in [7, 11) is 0. The molecule has 27 heavy (non-hydrogen) atoms. The number of phenols is 1. The highest BCUT2D eigenvalue weighted by Crippen LogP contribution is 2.29. The molecule has 1 aromatic heterocycles. The van der Waals surface area contributed by atoms with Crippen molar-refractivity contribution in [2.75, 3.05) is 0 Å². The molecule has 0 unspecified atom stereocenters. The molecule has 140 valence electrons. The smallest absolute Gasteiger partial charge is 0.416 e. The largest absolute Gasteiger partial charge is 0.508 e. The number of hydrogen-bond acceptors (Lipinski definition) is 3. The van der Waals surface area contributed by atoms with E-state index in [1.54, 1.807) is 24.5 Å². The topological polar surface area (TPSA) is 46.3 Å². The lowest BCUT2D eigenvalue weighted by molar-refractivity contribution is -0.137. The average Bonchev–Trinajstić information content (AvgIpc) is 3.08. The van der Waals surface area contributed by atoms with Crippen molar-refractivity contribution in [3.05, 3.63) is 82.6 Å².